The van der Waals surface area contributed by atoms with Gasteiger partial charge >= 0.3 is 5.97 Å². The van der Waals surface area contributed by atoms with Crippen molar-refractivity contribution < 1.29 is 19.1 Å². The summed E-state index contributed by atoms with van der Waals surface area (Å²) in [5, 5.41) is 3.60. The quantitative estimate of drug-likeness (QED) is 0.548. The maximum Gasteiger partial charge on any atom is 0.311 e. The van der Waals surface area contributed by atoms with Crippen molar-refractivity contribution in [3.63, 3.8) is 0 Å². The summed E-state index contributed by atoms with van der Waals surface area (Å²) in [5.74, 6) is 0.519. The van der Waals surface area contributed by atoms with Crippen LogP contribution in [0.1, 0.15) is 39.0 Å². The van der Waals surface area contributed by atoms with E-state index in [0.29, 0.717) is 13.2 Å². The highest BCUT2D eigenvalue weighted by Crippen LogP contribution is 2.28. The van der Waals surface area contributed by atoms with E-state index in [9.17, 15) is 9.59 Å². The molecule has 0 radical (unpaired) electrons. The molecule has 0 bridgehead atoms. The molecule has 0 aliphatic rings. The van der Waals surface area contributed by atoms with E-state index in [1.165, 1.54) is 18.3 Å². The number of aromatic nitrogens is 1. The summed E-state index contributed by atoms with van der Waals surface area (Å²) in [6, 6.07) is 7.70. The van der Waals surface area contributed by atoms with Crippen LogP contribution in [0.5, 0.6) is 5.75 Å². The first-order chi connectivity index (χ1) is 12.8. The van der Waals surface area contributed by atoms with Crippen LogP contribution in [0.4, 0.5) is 0 Å². The minimum absolute atomic E-state index is 0.0321. The van der Waals surface area contributed by atoms with Gasteiger partial charge in [0, 0.05) is 25.2 Å². The third-order valence-electron chi connectivity index (χ3n) is 3.58. The van der Waals surface area contributed by atoms with Crippen molar-refractivity contribution in [2.75, 3.05) is 13.2 Å². The SMILES string of the molecule is CC(=O)NCCCOc1ccc(-c2ncc(COC(=O)C(C)(C)C)s2)cc1. The molecule has 1 heterocycles. The van der Waals surface area contributed by atoms with Crippen molar-refractivity contribution in [2.24, 2.45) is 5.41 Å². The van der Waals surface area contributed by atoms with Gasteiger partial charge in [-0.3, -0.25) is 9.59 Å². The molecule has 1 amide bonds. The number of nitrogens with one attached hydrogen (secondary N) is 1. The number of benzene rings is 1. The molecule has 1 aromatic heterocycles. The summed E-state index contributed by atoms with van der Waals surface area (Å²) in [5.41, 5.74) is 0.477. The monoisotopic (exact) mass is 390 g/mol. The minimum atomic E-state index is -0.508. The second-order valence-corrected chi connectivity index (χ2v) is 8.28. The summed E-state index contributed by atoms with van der Waals surface area (Å²) in [6.45, 7) is 8.38. The van der Waals surface area contributed by atoms with Gasteiger partial charge in [-0.15, -0.1) is 11.3 Å². The van der Waals surface area contributed by atoms with Gasteiger partial charge in [-0.1, -0.05) is 0 Å². The Bertz CT molecular complexity index is 763. The largest absolute Gasteiger partial charge is 0.494 e. The molecule has 0 fully saturated rings. The Morgan fingerprint density at radius 1 is 1.19 bits per heavy atom. The number of amides is 1. The van der Waals surface area contributed by atoms with Gasteiger partial charge in [-0.2, -0.15) is 0 Å². The summed E-state index contributed by atoms with van der Waals surface area (Å²) < 4.78 is 11.0. The molecule has 1 aromatic carbocycles. The van der Waals surface area contributed by atoms with Gasteiger partial charge in [0.15, 0.2) is 0 Å². The number of rotatable bonds is 8. The van der Waals surface area contributed by atoms with Crippen molar-refractivity contribution in [1.29, 1.82) is 0 Å². The highest BCUT2D eigenvalue weighted by molar-refractivity contribution is 7.15. The Labute approximate surface area is 163 Å². The Morgan fingerprint density at radius 3 is 2.52 bits per heavy atom. The maximum absolute atomic E-state index is 11.8. The van der Waals surface area contributed by atoms with Crippen LogP contribution in [0.3, 0.4) is 0 Å². The third-order valence-corrected chi connectivity index (χ3v) is 4.60. The molecule has 146 valence electrons. The molecular formula is C20H26N2O4S. The van der Waals surface area contributed by atoms with Crippen LogP contribution in [0.25, 0.3) is 10.6 Å². The van der Waals surface area contributed by atoms with Gasteiger partial charge in [0.25, 0.3) is 0 Å². The lowest BCUT2D eigenvalue weighted by Crippen LogP contribution is -2.22. The van der Waals surface area contributed by atoms with E-state index >= 15 is 0 Å². The van der Waals surface area contributed by atoms with E-state index in [2.05, 4.69) is 10.3 Å². The maximum atomic E-state index is 11.8. The van der Waals surface area contributed by atoms with Gasteiger partial charge < -0.3 is 14.8 Å². The zero-order valence-electron chi connectivity index (χ0n) is 16.2. The molecule has 0 atom stereocenters. The Balaban J connectivity index is 1.84. The van der Waals surface area contributed by atoms with Crippen molar-refractivity contribution in [1.82, 2.24) is 10.3 Å². The zero-order valence-corrected chi connectivity index (χ0v) is 17.0. The lowest BCUT2D eigenvalue weighted by atomic mass is 9.97. The number of hydrogen-bond donors (Lipinski definition) is 1. The number of hydrogen-bond acceptors (Lipinski definition) is 6. The van der Waals surface area contributed by atoms with Crippen molar-refractivity contribution in [3.05, 3.63) is 35.3 Å². The van der Waals surface area contributed by atoms with Gasteiger partial charge in [0.1, 0.15) is 17.4 Å². The number of ether oxygens (including phenoxy) is 2. The summed E-state index contributed by atoms with van der Waals surface area (Å²) in [4.78, 5) is 27.9. The van der Waals surface area contributed by atoms with Crippen LogP contribution in [-0.2, 0) is 20.9 Å². The molecule has 1 N–H and O–H groups in total. The van der Waals surface area contributed by atoms with E-state index < -0.39 is 5.41 Å². The summed E-state index contributed by atoms with van der Waals surface area (Å²) >= 11 is 1.50. The molecule has 0 saturated heterocycles. The molecule has 2 rings (SSSR count). The number of esters is 1. The van der Waals surface area contributed by atoms with Crippen LogP contribution in [0.2, 0.25) is 0 Å². The van der Waals surface area contributed by atoms with Gasteiger partial charge in [-0.25, -0.2) is 4.98 Å². The summed E-state index contributed by atoms with van der Waals surface area (Å²) in [6.07, 6.45) is 2.49. The lowest BCUT2D eigenvalue weighted by molar-refractivity contribution is -0.154. The van der Waals surface area contributed by atoms with E-state index in [4.69, 9.17) is 9.47 Å². The van der Waals surface area contributed by atoms with Crippen molar-refractivity contribution >= 4 is 23.2 Å². The normalized spacial score (nSPS) is 11.1. The molecule has 0 aliphatic carbocycles. The number of carbonyl (C=O) groups is 2. The molecule has 0 saturated carbocycles. The molecule has 0 aliphatic heterocycles. The predicted molar refractivity (Wildman–Crippen MR) is 106 cm³/mol. The molecule has 6 nitrogen and oxygen atoms in total. The second-order valence-electron chi connectivity index (χ2n) is 7.17. The predicted octanol–water partition coefficient (Wildman–Crippen LogP) is 3.80. The average molecular weight is 391 g/mol. The first-order valence-corrected chi connectivity index (χ1v) is 9.67. The number of thiazole rings is 1. The standard InChI is InChI=1S/C20H26N2O4S/c1-14(23)21-10-5-11-25-16-8-6-15(7-9-16)18-22-12-17(27-18)13-26-19(24)20(2,3)4/h6-9,12H,5,10-11,13H2,1-4H3,(H,21,23). The highest BCUT2D eigenvalue weighted by atomic mass is 32.1. The van der Waals surface area contributed by atoms with Crippen LogP contribution < -0.4 is 10.1 Å². The van der Waals surface area contributed by atoms with Crippen LogP contribution >= 0.6 is 11.3 Å². The average Bonchev–Trinajstić information content (AvgIpc) is 3.07. The second kappa shape index (κ2) is 9.50. The zero-order chi connectivity index (χ0) is 19.9. The van der Waals surface area contributed by atoms with Gasteiger partial charge in [0.2, 0.25) is 5.91 Å². The minimum Gasteiger partial charge on any atom is -0.494 e. The molecule has 7 heteroatoms. The molecule has 0 spiro atoms. The molecule has 0 unspecified atom stereocenters. The Hall–Kier alpha value is -2.41. The van der Waals surface area contributed by atoms with Gasteiger partial charge in [-0.05, 0) is 51.5 Å². The number of carbonyl (C=O) groups excluding carboxylic acids is 2. The Kier molecular flexibility index (Phi) is 7.36. The van der Waals surface area contributed by atoms with Crippen LogP contribution in [-0.4, -0.2) is 30.0 Å². The lowest BCUT2D eigenvalue weighted by Gasteiger charge is -2.15. The first kappa shape index (κ1) is 20.9. The third kappa shape index (κ3) is 7.02. The number of nitrogens with zero attached hydrogens (tertiary/aromatic N) is 1. The fourth-order valence-electron chi connectivity index (χ4n) is 2.08. The van der Waals surface area contributed by atoms with Crippen LogP contribution in [0, 0.1) is 5.41 Å². The van der Waals surface area contributed by atoms with Crippen molar-refractivity contribution in [2.45, 2.75) is 40.7 Å². The van der Waals surface area contributed by atoms with Crippen LogP contribution in [0.15, 0.2) is 30.5 Å². The van der Waals surface area contributed by atoms with E-state index in [1.54, 1.807) is 6.20 Å². The van der Waals surface area contributed by atoms with Crippen molar-refractivity contribution in [3.8, 4) is 16.3 Å². The van der Waals surface area contributed by atoms with E-state index in [-0.39, 0.29) is 18.5 Å². The molecular weight excluding hydrogens is 364 g/mol. The van der Waals surface area contributed by atoms with E-state index in [0.717, 1.165) is 27.6 Å². The smallest absolute Gasteiger partial charge is 0.311 e. The summed E-state index contributed by atoms with van der Waals surface area (Å²) in [7, 11) is 0. The topological polar surface area (TPSA) is 77.5 Å². The molecule has 2 aromatic rings. The highest BCUT2D eigenvalue weighted by Gasteiger charge is 2.23. The van der Waals surface area contributed by atoms with Gasteiger partial charge in [0.05, 0.1) is 16.9 Å². The fraction of sp³-hybridized carbons (Fsp3) is 0.450. The molecule has 27 heavy (non-hydrogen) atoms. The Morgan fingerprint density at radius 2 is 1.89 bits per heavy atom. The fourth-order valence-corrected chi connectivity index (χ4v) is 2.91. The van der Waals surface area contributed by atoms with E-state index in [1.807, 2.05) is 45.0 Å². The first-order valence-electron chi connectivity index (χ1n) is 8.85.